The quantitative estimate of drug-likeness (QED) is 0.732. The highest BCUT2D eigenvalue weighted by Crippen LogP contribution is 2.37. The van der Waals surface area contributed by atoms with E-state index in [1.54, 1.807) is 30.6 Å². The number of nitrogens with two attached hydrogens (primary N) is 1. The number of pyridine rings is 1. The Hall–Kier alpha value is -3.87. The van der Waals surface area contributed by atoms with E-state index >= 15 is 0 Å². The van der Waals surface area contributed by atoms with Gasteiger partial charge in [-0.05, 0) is 29.8 Å². The van der Waals surface area contributed by atoms with Crippen LogP contribution in [0, 0.1) is 0 Å². The fourth-order valence-electron chi connectivity index (χ4n) is 3.07. The number of carbonyl (C=O) groups is 2. The van der Waals surface area contributed by atoms with Crippen molar-refractivity contribution in [1.82, 2.24) is 4.98 Å². The summed E-state index contributed by atoms with van der Waals surface area (Å²) < 4.78 is 5.95. The van der Waals surface area contributed by atoms with Gasteiger partial charge >= 0.3 is 6.03 Å². The standard InChI is InChI=1S/C21H18N4O3/c22-21(27)25(13-14-8-10-23-11-9-14)16-6-7-17-18(12-16)28-19(20(26)24-17)15-4-2-1-3-5-15/h1-12,19H,13H2,(H2,22,27)(H,24,26). The van der Waals surface area contributed by atoms with E-state index in [1.807, 2.05) is 42.5 Å². The van der Waals surface area contributed by atoms with Gasteiger partial charge in [0.25, 0.3) is 5.91 Å². The number of nitrogens with one attached hydrogen (secondary N) is 1. The summed E-state index contributed by atoms with van der Waals surface area (Å²) in [4.78, 5) is 29.8. The van der Waals surface area contributed by atoms with Gasteiger partial charge in [0.05, 0.1) is 12.2 Å². The summed E-state index contributed by atoms with van der Waals surface area (Å²) in [6.45, 7) is 0.297. The maximum absolute atomic E-state index is 12.4. The number of aromatic nitrogens is 1. The Kier molecular flexibility index (Phi) is 4.63. The van der Waals surface area contributed by atoms with Gasteiger partial charge in [-0.2, -0.15) is 0 Å². The zero-order valence-electron chi connectivity index (χ0n) is 14.9. The van der Waals surface area contributed by atoms with E-state index in [2.05, 4.69) is 10.3 Å². The summed E-state index contributed by atoms with van der Waals surface area (Å²) in [5, 5.41) is 2.85. The highest BCUT2D eigenvalue weighted by atomic mass is 16.5. The average Bonchev–Trinajstić information content (AvgIpc) is 2.72. The highest BCUT2D eigenvalue weighted by Gasteiger charge is 2.29. The van der Waals surface area contributed by atoms with E-state index < -0.39 is 12.1 Å². The fourth-order valence-corrected chi connectivity index (χ4v) is 3.07. The normalized spacial score (nSPS) is 15.1. The van der Waals surface area contributed by atoms with Gasteiger partial charge in [0.1, 0.15) is 5.75 Å². The van der Waals surface area contributed by atoms with Gasteiger partial charge < -0.3 is 15.8 Å². The molecule has 3 aromatic rings. The van der Waals surface area contributed by atoms with Gasteiger partial charge in [0.2, 0.25) is 6.10 Å². The lowest BCUT2D eigenvalue weighted by Crippen LogP contribution is -2.35. The van der Waals surface area contributed by atoms with E-state index in [9.17, 15) is 9.59 Å². The molecule has 0 spiro atoms. The van der Waals surface area contributed by atoms with Crippen LogP contribution in [0.15, 0.2) is 73.1 Å². The van der Waals surface area contributed by atoms with Crippen molar-refractivity contribution in [2.75, 3.05) is 10.2 Å². The second-order valence-corrected chi connectivity index (χ2v) is 6.36. The number of urea groups is 1. The van der Waals surface area contributed by atoms with Crippen molar-refractivity contribution >= 4 is 23.3 Å². The molecule has 1 aliphatic heterocycles. The molecule has 0 fully saturated rings. The minimum Gasteiger partial charge on any atom is -0.474 e. The molecule has 1 aromatic heterocycles. The lowest BCUT2D eigenvalue weighted by molar-refractivity contribution is -0.123. The molecular formula is C21H18N4O3. The molecule has 1 aliphatic rings. The van der Waals surface area contributed by atoms with Crippen LogP contribution in [0.5, 0.6) is 5.75 Å². The molecule has 0 saturated carbocycles. The van der Waals surface area contributed by atoms with Crippen molar-refractivity contribution in [3.63, 3.8) is 0 Å². The molecule has 4 rings (SSSR count). The first-order chi connectivity index (χ1) is 13.6. The molecular weight excluding hydrogens is 356 g/mol. The Balaban J connectivity index is 1.64. The van der Waals surface area contributed by atoms with Crippen molar-refractivity contribution in [2.24, 2.45) is 5.73 Å². The van der Waals surface area contributed by atoms with Crippen LogP contribution < -0.4 is 20.7 Å². The second-order valence-electron chi connectivity index (χ2n) is 6.36. The van der Waals surface area contributed by atoms with Crippen LogP contribution in [-0.2, 0) is 11.3 Å². The Bertz CT molecular complexity index is 1010. The second kappa shape index (κ2) is 7.40. The number of rotatable bonds is 4. The van der Waals surface area contributed by atoms with Crippen LogP contribution in [0.3, 0.4) is 0 Å². The number of nitrogens with zero attached hydrogens (tertiary/aromatic N) is 2. The van der Waals surface area contributed by atoms with Gasteiger partial charge in [0, 0.05) is 29.7 Å². The summed E-state index contributed by atoms with van der Waals surface area (Å²) in [5.74, 6) is 0.238. The van der Waals surface area contributed by atoms with Crippen molar-refractivity contribution in [3.8, 4) is 5.75 Å². The topological polar surface area (TPSA) is 97.6 Å². The SMILES string of the molecule is NC(=O)N(Cc1ccncc1)c1ccc2c(c1)OC(c1ccccc1)C(=O)N2. The lowest BCUT2D eigenvalue weighted by atomic mass is 10.1. The molecule has 7 heteroatoms. The van der Waals surface area contributed by atoms with E-state index in [-0.39, 0.29) is 5.91 Å². The Morgan fingerprint density at radius 3 is 2.57 bits per heavy atom. The molecule has 3 amide bonds. The number of anilines is 2. The number of hydrogen-bond acceptors (Lipinski definition) is 4. The van der Waals surface area contributed by atoms with E-state index in [0.717, 1.165) is 11.1 Å². The fraction of sp³-hybridized carbons (Fsp3) is 0.0952. The summed E-state index contributed by atoms with van der Waals surface area (Å²) >= 11 is 0. The molecule has 2 heterocycles. The first-order valence-electron chi connectivity index (χ1n) is 8.74. The van der Waals surface area contributed by atoms with Crippen LogP contribution in [0.2, 0.25) is 0 Å². The molecule has 0 radical (unpaired) electrons. The third kappa shape index (κ3) is 3.50. The summed E-state index contributed by atoms with van der Waals surface area (Å²) in [6, 6.07) is 17.4. The molecule has 0 bridgehead atoms. The molecule has 140 valence electrons. The number of hydrogen-bond donors (Lipinski definition) is 2. The third-order valence-electron chi connectivity index (χ3n) is 4.48. The van der Waals surface area contributed by atoms with Crippen LogP contribution in [-0.4, -0.2) is 16.9 Å². The lowest BCUT2D eigenvalue weighted by Gasteiger charge is -2.28. The van der Waals surface area contributed by atoms with Gasteiger partial charge in [-0.3, -0.25) is 14.7 Å². The molecule has 0 aliphatic carbocycles. The summed E-state index contributed by atoms with van der Waals surface area (Å²) in [5.41, 5.74) is 8.36. The van der Waals surface area contributed by atoms with E-state index in [1.165, 1.54) is 4.90 Å². The van der Waals surface area contributed by atoms with Gasteiger partial charge in [-0.1, -0.05) is 30.3 Å². The van der Waals surface area contributed by atoms with Crippen LogP contribution in [0.4, 0.5) is 16.2 Å². The molecule has 3 N–H and O–H groups in total. The average molecular weight is 374 g/mol. The van der Waals surface area contributed by atoms with E-state index in [0.29, 0.717) is 23.7 Å². The van der Waals surface area contributed by atoms with Crippen molar-refractivity contribution in [2.45, 2.75) is 12.6 Å². The Labute approximate surface area is 161 Å². The Morgan fingerprint density at radius 2 is 1.86 bits per heavy atom. The first kappa shape index (κ1) is 17.5. The van der Waals surface area contributed by atoms with Gasteiger partial charge in [-0.15, -0.1) is 0 Å². The summed E-state index contributed by atoms with van der Waals surface area (Å²) in [7, 11) is 0. The largest absolute Gasteiger partial charge is 0.474 e. The number of carbonyl (C=O) groups excluding carboxylic acids is 2. The van der Waals surface area contributed by atoms with Crippen LogP contribution in [0.1, 0.15) is 17.2 Å². The monoisotopic (exact) mass is 374 g/mol. The molecule has 1 atom stereocenters. The van der Waals surface area contributed by atoms with E-state index in [4.69, 9.17) is 10.5 Å². The number of benzene rings is 2. The number of amides is 3. The smallest absolute Gasteiger partial charge is 0.319 e. The third-order valence-corrected chi connectivity index (χ3v) is 4.48. The zero-order valence-corrected chi connectivity index (χ0v) is 14.9. The molecule has 28 heavy (non-hydrogen) atoms. The Morgan fingerprint density at radius 1 is 1.11 bits per heavy atom. The maximum atomic E-state index is 12.4. The van der Waals surface area contributed by atoms with Crippen LogP contribution in [0.25, 0.3) is 0 Å². The van der Waals surface area contributed by atoms with Crippen molar-refractivity contribution in [1.29, 1.82) is 0 Å². The van der Waals surface area contributed by atoms with Gasteiger partial charge in [-0.25, -0.2) is 4.79 Å². The molecule has 1 unspecified atom stereocenters. The van der Waals surface area contributed by atoms with Crippen LogP contribution >= 0.6 is 0 Å². The molecule has 0 saturated heterocycles. The molecule has 2 aromatic carbocycles. The predicted octanol–water partition coefficient (Wildman–Crippen LogP) is 3.24. The number of fused-ring (bicyclic) bond motifs is 1. The first-order valence-corrected chi connectivity index (χ1v) is 8.74. The van der Waals surface area contributed by atoms with Crippen molar-refractivity contribution in [3.05, 3.63) is 84.2 Å². The van der Waals surface area contributed by atoms with Gasteiger partial charge in [0.15, 0.2) is 0 Å². The predicted molar refractivity (Wildman–Crippen MR) is 105 cm³/mol. The minimum atomic E-state index is -0.758. The number of ether oxygens (including phenoxy) is 1. The van der Waals surface area contributed by atoms with Crippen molar-refractivity contribution < 1.29 is 14.3 Å². The number of primary amides is 1. The minimum absolute atomic E-state index is 0.241. The molecule has 7 nitrogen and oxygen atoms in total. The zero-order chi connectivity index (χ0) is 19.5. The highest BCUT2D eigenvalue weighted by molar-refractivity contribution is 5.99. The summed E-state index contributed by atoms with van der Waals surface area (Å²) in [6.07, 6.45) is 2.56. The maximum Gasteiger partial charge on any atom is 0.319 e.